The van der Waals surface area contributed by atoms with E-state index >= 15 is 0 Å². The van der Waals surface area contributed by atoms with E-state index in [1.54, 1.807) is 8.47 Å². The molecule has 0 atom stereocenters. The van der Waals surface area contributed by atoms with Gasteiger partial charge in [-0.15, -0.1) is 0 Å². The number of benzene rings is 1. The van der Waals surface area contributed by atoms with Crippen LogP contribution in [0, 0.1) is 0 Å². The molecule has 15 heteroatoms. The third-order valence-corrected chi connectivity index (χ3v) is 31.6. The molecule has 0 aromatic heterocycles. The molecule has 0 unspecified atom stereocenters. The number of nitrogens with one attached hydrogen (secondary N) is 2. The van der Waals surface area contributed by atoms with Gasteiger partial charge in [-0.1, -0.05) is 0 Å². The van der Waals surface area contributed by atoms with Crippen LogP contribution >= 0.6 is 25.3 Å². The topological polar surface area (TPSA) is 167 Å². The van der Waals surface area contributed by atoms with E-state index in [0.29, 0.717) is 0 Å². The fraction of sp³-hybridized carbons (Fsp3) is 0.429. The molecule has 0 saturated carbocycles. The Bertz CT molecular complexity index is 879. The number of carbonyl (C=O) groups excluding carboxylic acids is 2. The average Bonchev–Trinajstić information content (AvgIpc) is 2.59. The van der Waals surface area contributed by atoms with E-state index in [1.165, 1.54) is 32.0 Å². The van der Waals surface area contributed by atoms with Crippen LogP contribution in [0.2, 0.25) is 0 Å². The van der Waals surface area contributed by atoms with Crippen molar-refractivity contribution in [3.8, 4) is 0 Å². The molecular formula is C14H25AsN2O8S4. The maximum atomic E-state index is 12.4. The molecule has 0 aliphatic rings. The Morgan fingerprint density at radius 2 is 1.24 bits per heavy atom. The van der Waals surface area contributed by atoms with Crippen molar-refractivity contribution in [1.29, 1.82) is 0 Å². The van der Waals surface area contributed by atoms with Gasteiger partial charge >= 0.3 is 145 Å². The first kappa shape index (κ1) is 28.2. The molecular weight excluding hydrogens is 527 g/mol. The molecule has 0 bridgehead atoms. The van der Waals surface area contributed by atoms with Gasteiger partial charge in [0, 0.05) is 4.58 Å². The van der Waals surface area contributed by atoms with Crippen LogP contribution in [-0.2, 0) is 26.4 Å². The Labute approximate surface area is 180 Å². The summed E-state index contributed by atoms with van der Waals surface area (Å²) < 4.78 is 72.6. The van der Waals surface area contributed by atoms with Gasteiger partial charge in [0.15, 0.2) is 0 Å². The summed E-state index contributed by atoms with van der Waals surface area (Å²) in [5.41, 5.74) is 0. The first-order valence-electron chi connectivity index (χ1n) is 8.10. The summed E-state index contributed by atoms with van der Waals surface area (Å²) in [6.45, 7) is 4.50. The number of amides is 2. The fourth-order valence-electron chi connectivity index (χ4n) is 2.08. The van der Waals surface area contributed by atoms with Crippen LogP contribution in [0.4, 0.5) is 0 Å². The Kier molecular flexibility index (Phi) is 10.2. The number of hydrogen-bond donors (Lipinski definition) is 6. The number of carbonyl (C=O) groups is 2. The SMILES string of the molecule is CC(S)S.CCC(=O)N[As](NC(=O)CC)(c1ccccc1)(S(=O)(=O)O)S(=O)(=O)O. The second kappa shape index (κ2) is 10.5. The zero-order valence-electron chi connectivity index (χ0n) is 15.9. The van der Waals surface area contributed by atoms with E-state index < -0.39 is 43.5 Å². The van der Waals surface area contributed by atoms with Gasteiger partial charge in [-0.3, -0.25) is 0 Å². The van der Waals surface area contributed by atoms with Crippen molar-refractivity contribution in [3.05, 3.63) is 30.3 Å². The zero-order valence-corrected chi connectivity index (χ0v) is 21.2. The van der Waals surface area contributed by atoms with Crippen molar-refractivity contribution >= 4 is 68.8 Å². The van der Waals surface area contributed by atoms with Crippen LogP contribution in [0.3, 0.4) is 0 Å². The van der Waals surface area contributed by atoms with Crippen molar-refractivity contribution < 1.29 is 35.5 Å². The monoisotopic (exact) mass is 552 g/mol. The summed E-state index contributed by atoms with van der Waals surface area (Å²) in [5, 5.41) is 0. The van der Waals surface area contributed by atoms with Gasteiger partial charge in [-0.05, 0) is 6.92 Å². The molecule has 0 radical (unpaired) electrons. The van der Waals surface area contributed by atoms with Crippen molar-refractivity contribution in [3.63, 3.8) is 0 Å². The predicted octanol–water partition coefficient (Wildman–Crippen LogP) is 0.303. The Hall–Kier alpha value is -0.762. The summed E-state index contributed by atoms with van der Waals surface area (Å²) in [5.74, 6) is -2.19. The van der Waals surface area contributed by atoms with Crippen LogP contribution in [0.25, 0.3) is 0 Å². The van der Waals surface area contributed by atoms with E-state index in [9.17, 15) is 35.5 Å². The molecule has 1 aromatic rings. The van der Waals surface area contributed by atoms with E-state index in [0.717, 1.165) is 12.1 Å². The molecule has 168 valence electrons. The number of hydrogen-bond acceptors (Lipinski definition) is 8. The molecule has 1 rings (SSSR count). The maximum absolute atomic E-state index is 12.4. The summed E-state index contributed by atoms with van der Waals surface area (Å²) in [4.78, 5) is 24.0. The Balaban J connectivity index is 0.00000178. The normalized spacial score (nSPS) is 13.4. The van der Waals surface area contributed by atoms with Gasteiger partial charge in [-0.2, -0.15) is 25.3 Å². The molecule has 0 spiro atoms. The van der Waals surface area contributed by atoms with Gasteiger partial charge in [0.05, 0.1) is 0 Å². The number of rotatable bonds is 7. The second-order valence-corrected chi connectivity index (χ2v) is 30.0. The molecule has 0 aliphatic carbocycles. The van der Waals surface area contributed by atoms with Crippen LogP contribution in [0.1, 0.15) is 33.6 Å². The number of thiol groups is 2. The van der Waals surface area contributed by atoms with Crippen LogP contribution in [0.15, 0.2) is 30.3 Å². The van der Waals surface area contributed by atoms with Gasteiger partial charge in [0.2, 0.25) is 0 Å². The quantitative estimate of drug-likeness (QED) is 0.122. The molecule has 0 aliphatic heterocycles. The Morgan fingerprint density at radius 3 is 1.48 bits per heavy atom. The summed E-state index contributed by atoms with van der Waals surface area (Å²) in [6.07, 6.45) is -0.730. The van der Waals surface area contributed by atoms with Crippen molar-refractivity contribution in [2.75, 3.05) is 0 Å². The zero-order chi connectivity index (χ0) is 23.1. The predicted molar refractivity (Wildman–Crippen MR) is 119 cm³/mol. The molecule has 0 heterocycles. The molecule has 4 N–H and O–H groups in total. The molecule has 2 amide bonds. The molecule has 29 heavy (non-hydrogen) atoms. The van der Waals surface area contributed by atoms with Gasteiger partial charge in [0.1, 0.15) is 0 Å². The fourth-order valence-corrected chi connectivity index (χ4v) is 22.9. The summed E-state index contributed by atoms with van der Waals surface area (Å²) >= 11 is 7.66. The van der Waals surface area contributed by atoms with Gasteiger partial charge in [-0.25, -0.2) is 0 Å². The van der Waals surface area contributed by atoms with E-state index in [1.807, 2.05) is 6.92 Å². The van der Waals surface area contributed by atoms with E-state index in [2.05, 4.69) is 25.3 Å². The first-order valence-corrected chi connectivity index (χ1v) is 19.3. The van der Waals surface area contributed by atoms with Gasteiger partial charge in [0.25, 0.3) is 0 Å². The van der Waals surface area contributed by atoms with Crippen molar-refractivity contribution in [2.24, 2.45) is 0 Å². The van der Waals surface area contributed by atoms with Crippen LogP contribution in [-0.4, -0.2) is 52.9 Å². The summed E-state index contributed by atoms with van der Waals surface area (Å²) in [6, 6.07) is 5.86. The molecule has 0 saturated heterocycles. The standard InChI is InChI=1S/C12H19AsN2O8S2.C2H6S2/c1-3-11(16)14-13(24(18,19)20,25(21,22)23,15-12(17)4-2)10-8-6-5-7-9-10;1-2(3)4/h5-9H,3-4H2,1-2H3,(H,14,16)(H,15,17)(H,18,19,20)(H,21,22,23);2-4H,1H3. The molecule has 10 nitrogen and oxygen atoms in total. The van der Waals surface area contributed by atoms with Crippen molar-refractivity contribution in [2.45, 2.75) is 38.2 Å². The van der Waals surface area contributed by atoms with E-state index in [4.69, 9.17) is 0 Å². The first-order chi connectivity index (χ1) is 13.1. The molecule has 1 aromatic carbocycles. The Morgan fingerprint density at radius 1 is 0.931 bits per heavy atom. The molecule has 0 fully saturated rings. The summed E-state index contributed by atoms with van der Waals surface area (Å²) in [7, 11) is -18.7. The minimum atomic E-state index is -7.20. The third-order valence-electron chi connectivity index (χ3n) is 3.40. The van der Waals surface area contributed by atoms with Crippen LogP contribution in [0.5, 0.6) is 0 Å². The van der Waals surface area contributed by atoms with Crippen LogP contribution < -0.4 is 12.8 Å². The van der Waals surface area contributed by atoms with Gasteiger partial charge < -0.3 is 0 Å². The van der Waals surface area contributed by atoms with Crippen molar-refractivity contribution in [1.82, 2.24) is 8.47 Å². The average molecular weight is 553 g/mol. The van der Waals surface area contributed by atoms with E-state index in [-0.39, 0.29) is 17.4 Å². The second-order valence-electron chi connectivity index (χ2n) is 5.60. The minimum absolute atomic E-state index is 0.222. The third kappa shape index (κ3) is 5.69.